The Morgan fingerprint density at radius 2 is 1.65 bits per heavy atom. The molecular weight excluding hydrogens is 500 g/mol. The van der Waals surface area contributed by atoms with Gasteiger partial charge in [-0.3, -0.25) is 9.79 Å². The lowest BCUT2D eigenvalue weighted by molar-refractivity contribution is -0.120. The summed E-state index contributed by atoms with van der Waals surface area (Å²) in [4.78, 5) is 38.7. The Morgan fingerprint density at radius 1 is 0.925 bits per heavy atom. The molecule has 2 N–H and O–H groups in total. The minimum absolute atomic E-state index is 0.146. The number of anilines is 1. The van der Waals surface area contributed by atoms with Crippen LogP contribution >= 0.6 is 0 Å². The van der Waals surface area contributed by atoms with Crippen LogP contribution in [0.3, 0.4) is 0 Å². The molecule has 3 amide bonds. The SMILES string of the molecule is CCCN1C(=O)C(NC(=O)NCCCN2CCC(N3CCCCC3)CC2)N=C(C2CCCCC2)c2ccccc21. The summed E-state index contributed by atoms with van der Waals surface area (Å²) in [6, 6.07) is 8.59. The molecule has 1 atom stereocenters. The molecule has 1 saturated carbocycles. The number of rotatable bonds is 9. The lowest BCUT2D eigenvalue weighted by atomic mass is 9.83. The molecule has 1 aliphatic carbocycles. The fourth-order valence-electron chi connectivity index (χ4n) is 7.18. The number of carbonyl (C=O) groups is 2. The molecule has 3 heterocycles. The maximum absolute atomic E-state index is 13.7. The first-order valence-corrected chi connectivity index (χ1v) is 16.1. The van der Waals surface area contributed by atoms with Gasteiger partial charge in [0, 0.05) is 30.6 Å². The Kier molecular flexibility index (Phi) is 10.5. The molecule has 0 aromatic heterocycles. The van der Waals surface area contributed by atoms with Crippen LogP contribution in [0.15, 0.2) is 29.3 Å². The highest BCUT2D eigenvalue weighted by molar-refractivity contribution is 6.14. The molecule has 4 aliphatic rings. The average molecular weight is 551 g/mol. The Morgan fingerprint density at radius 3 is 2.40 bits per heavy atom. The largest absolute Gasteiger partial charge is 0.338 e. The number of fused-ring (bicyclic) bond motifs is 1. The van der Waals surface area contributed by atoms with Crippen molar-refractivity contribution in [1.29, 1.82) is 0 Å². The lowest BCUT2D eigenvalue weighted by Crippen LogP contribution is -2.51. The smallest absolute Gasteiger partial charge is 0.316 e. The third-order valence-electron chi connectivity index (χ3n) is 9.35. The van der Waals surface area contributed by atoms with E-state index in [-0.39, 0.29) is 11.9 Å². The number of hydrogen-bond donors (Lipinski definition) is 2. The van der Waals surface area contributed by atoms with Crippen LogP contribution in [0.5, 0.6) is 0 Å². The van der Waals surface area contributed by atoms with Gasteiger partial charge in [-0.2, -0.15) is 0 Å². The number of benzodiazepines with no additional fused rings is 1. The molecule has 220 valence electrons. The van der Waals surface area contributed by atoms with E-state index < -0.39 is 6.17 Å². The van der Waals surface area contributed by atoms with Crippen molar-refractivity contribution in [3.63, 3.8) is 0 Å². The monoisotopic (exact) mass is 550 g/mol. The predicted octanol–water partition coefficient (Wildman–Crippen LogP) is 4.78. The standard InChI is InChI=1S/C32H50N6O2/c1-2-19-38-28-15-8-7-14-27(28)29(25-12-5-3-6-13-25)34-30(31(38)39)35-32(40)33-18-11-20-36-23-16-26(17-24-36)37-21-9-4-10-22-37/h7-8,14-15,25-26,30H,2-6,9-13,16-24H2,1H3,(H2,33,35,40). The first kappa shape index (κ1) is 29.1. The van der Waals surface area contributed by atoms with Gasteiger partial charge in [-0.1, -0.05) is 50.8 Å². The van der Waals surface area contributed by atoms with Crippen molar-refractivity contribution in [1.82, 2.24) is 20.4 Å². The zero-order chi connectivity index (χ0) is 27.7. The number of aliphatic imine (C=N–C) groups is 1. The molecule has 8 heteroatoms. The van der Waals surface area contributed by atoms with E-state index >= 15 is 0 Å². The number of nitrogens with zero attached hydrogens (tertiary/aromatic N) is 4. The van der Waals surface area contributed by atoms with Gasteiger partial charge in [0.05, 0.1) is 11.4 Å². The molecular formula is C32H50N6O2. The zero-order valence-corrected chi connectivity index (χ0v) is 24.6. The van der Waals surface area contributed by atoms with Gasteiger partial charge >= 0.3 is 6.03 Å². The van der Waals surface area contributed by atoms with Gasteiger partial charge in [0.2, 0.25) is 6.17 Å². The molecule has 0 radical (unpaired) electrons. The van der Waals surface area contributed by atoms with Crippen molar-refractivity contribution < 1.29 is 9.59 Å². The Hall–Kier alpha value is -2.45. The van der Waals surface area contributed by atoms with Gasteiger partial charge < -0.3 is 25.3 Å². The van der Waals surface area contributed by atoms with E-state index in [0.717, 1.165) is 68.3 Å². The van der Waals surface area contributed by atoms with Gasteiger partial charge in [-0.05, 0) is 90.2 Å². The second-order valence-electron chi connectivity index (χ2n) is 12.2. The zero-order valence-electron chi connectivity index (χ0n) is 24.6. The van der Waals surface area contributed by atoms with Gasteiger partial charge in [-0.15, -0.1) is 0 Å². The average Bonchev–Trinajstić information content (AvgIpc) is 3.11. The number of para-hydroxylation sites is 1. The molecule has 3 aliphatic heterocycles. The van der Waals surface area contributed by atoms with Gasteiger partial charge in [-0.25, -0.2) is 4.79 Å². The van der Waals surface area contributed by atoms with E-state index in [2.05, 4.69) is 33.4 Å². The Bertz CT molecular complexity index is 1010. The van der Waals surface area contributed by atoms with E-state index in [1.807, 2.05) is 23.1 Å². The van der Waals surface area contributed by atoms with Crippen molar-refractivity contribution in [3.8, 4) is 0 Å². The Balaban J connectivity index is 1.15. The fraction of sp³-hybridized carbons (Fsp3) is 0.719. The normalized spacial score (nSPS) is 23.8. The topological polar surface area (TPSA) is 80.3 Å². The number of nitrogens with one attached hydrogen (secondary N) is 2. The predicted molar refractivity (Wildman–Crippen MR) is 162 cm³/mol. The van der Waals surface area contributed by atoms with Crippen LogP contribution in [0.4, 0.5) is 10.5 Å². The quantitative estimate of drug-likeness (QED) is 0.434. The van der Waals surface area contributed by atoms with Crippen molar-refractivity contribution in [2.75, 3.05) is 50.7 Å². The molecule has 1 unspecified atom stereocenters. The highest BCUT2D eigenvalue weighted by atomic mass is 16.2. The van der Waals surface area contributed by atoms with Crippen LogP contribution in [0, 0.1) is 5.92 Å². The summed E-state index contributed by atoms with van der Waals surface area (Å²) in [5.74, 6) is 0.183. The minimum Gasteiger partial charge on any atom is -0.338 e. The fourth-order valence-corrected chi connectivity index (χ4v) is 7.18. The van der Waals surface area contributed by atoms with Crippen LogP contribution in [-0.2, 0) is 4.79 Å². The highest BCUT2D eigenvalue weighted by Crippen LogP contribution is 2.34. The van der Waals surface area contributed by atoms with Crippen molar-refractivity contribution in [2.24, 2.45) is 10.9 Å². The van der Waals surface area contributed by atoms with Crippen LogP contribution < -0.4 is 15.5 Å². The number of hydrogen-bond acceptors (Lipinski definition) is 5. The van der Waals surface area contributed by atoms with Crippen molar-refractivity contribution >= 4 is 23.3 Å². The summed E-state index contributed by atoms with van der Waals surface area (Å²) in [7, 11) is 0. The van der Waals surface area contributed by atoms with E-state index in [1.54, 1.807) is 0 Å². The summed E-state index contributed by atoms with van der Waals surface area (Å²) >= 11 is 0. The summed E-state index contributed by atoms with van der Waals surface area (Å²) in [6.45, 7) is 9.14. The molecule has 1 aromatic rings. The third-order valence-corrected chi connectivity index (χ3v) is 9.35. The number of urea groups is 1. The molecule has 1 aromatic carbocycles. The molecule has 2 saturated heterocycles. The highest BCUT2D eigenvalue weighted by Gasteiger charge is 2.34. The summed E-state index contributed by atoms with van der Waals surface area (Å²) < 4.78 is 0. The van der Waals surface area contributed by atoms with E-state index in [9.17, 15) is 9.59 Å². The second-order valence-corrected chi connectivity index (χ2v) is 12.2. The Labute approximate surface area is 240 Å². The molecule has 40 heavy (non-hydrogen) atoms. The molecule has 3 fully saturated rings. The molecule has 8 nitrogen and oxygen atoms in total. The molecule has 0 bridgehead atoms. The number of benzene rings is 1. The summed E-state index contributed by atoms with van der Waals surface area (Å²) in [5.41, 5.74) is 2.96. The number of carbonyl (C=O) groups excluding carboxylic acids is 2. The first-order valence-electron chi connectivity index (χ1n) is 16.1. The number of amides is 3. The van der Waals surface area contributed by atoms with E-state index in [4.69, 9.17) is 4.99 Å². The maximum Gasteiger partial charge on any atom is 0.316 e. The second kappa shape index (κ2) is 14.4. The first-order chi connectivity index (χ1) is 19.6. The van der Waals surface area contributed by atoms with Crippen molar-refractivity contribution in [2.45, 2.75) is 96.2 Å². The van der Waals surface area contributed by atoms with Crippen LogP contribution in [-0.4, -0.2) is 85.5 Å². The number of piperidine rings is 2. The van der Waals surface area contributed by atoms with Crippen LogP contribution in [0.25, 0.3) is 0 Å². The third kappa shape index (κ3) is 7.24. The minimum atomic E-state index is -0.898. The van der Waals surface area contributed by atoms with Crippen LogP contribution in [0.2, 0.25) is 0 Å². The summed E-state index contributed by atoms with van der Waals surface area (Å²) in [6.07, 6.45) is 13.3. The number of likely N-dealkylation sites (tertiary alicyclic amines) is 2. The molecule has 0 spiro atoms. The van der Waals surface area contributed by atoms with Gasteiger partial charge in [0.1, 0.15) is 0 Å². The molecule has 5 rings (SSSR count). The van der Waals surface area contributed by atoms with Crippen molar-refractivity contribution in [3.05, 3.63) is 29.8 Å². The van der Waals surface area contributed by atoms with E-state index in [1.165, 1.54) is 64.5 Å². The summed E-state index contributed by atoms with van der Waals surface area (Å²) in [5, 5.41) is 5.94. The van der Waals surface area contributed by atoms with Gasteiger partial charge in [0.15, 0.2) is 0 Å². The van der Waals surface area contributed by atoms with E-state index in [0.29, 0.717) is 19.0 Å². The lowest BCUT2D eigenvalue weighted by Gasteiger charge is -2.40. The van der Waals surface area contributed by atoms with Crippen LogP contribution in [0.1, 0.15) is 89.5 Å². The van der Waals surface area contributed by atoms with Gasteiger partial charge in [0.25, 0.3) is 5.91 Å². The maximum atomic E-state index is 13.7.